The molecule has 6 heteroatoms. The van der Waals surface area contributed by atoms with Crippen LogP contribution >= 0.6 is 0 Å². The number of allylic oxidation sites excluding steroid dienone is 3. The molecule has 0 saturated carbocycles. The van der Waals surface area contributed by atoms with Crippen LogP contribution in [0.1, 0.15) is 6.92 Å². The summed E-state index contributed by atoms with van der Waals surface area (Å²) in [5, 5.41) is 0.275. The summed E-state index contributed by atoms with van der Waals surface area (Å²) in [5.41, 5.74) is 0. The molecule has 0 N–H and O–H groups in total. The molecule has 0 rings (SSSR count). The predicted molar refractivity (Wildman–Crippen MR) is 50.3 cm³/mol. The van der Waals surface area contributed by atoms with Gasteiger partial charge in [-0.25, -0.2) is 0 Å². The van der Waals surface area contributed by atoms with Crippen LogP contribution in [0.15, 0.2) is 24.3 Å². The van der Waals surface area contributed by atoms with Crippen molar-refractivity contribution in [3.8, 4) is 0 Å². The van der Waals surface area contributed by atoms with E-state index in [0.29, 0.717) is 0 Å². The zero-order chi connectivity index (χ0) is 11.7. The molecule has 0 aliphatic carbocycles. The summed E-state index contributed by atoms with van der Waals surface area (Å²) in [4.78, 5) is 42.3. The Morgan fingerprint density at radius 2 is 1.60 bits per heavy atom. The van der Waals surface area contributed by atoms with Crippen molar-refractivity contribution in [3.05, 3.63) is 24.3 Å². The van der Waals surface area contributed by atoms with E-state index in [-0.39, 0.29) is 15.6 Å². The third-order valence-electron chi connectivity index (χ3n) is 1.12. The fraction of sp³-hybridized carbons (Fsp3) is 0.111. The van der Waals surface area contributed by atoms with Gasteiger partial charge in [0, 0.05) is 0 Å². The molecule has 0 aliphatic rings. The maximum absolute atomic E-state index is 11.0. The van der Waals surface area contributed by atoms with Crippen LogP contribution in [0.5, 0.6) is 0 Å². The third kappa shape index (κ3) is 4.49. The van der Waals surface area contributed by atoms with Gasteiger partial charge in [-0.2, -0.15) is 0 Å². The third-order valence-corrected chi connectivity index (χ3v) is 2.96. The molecular formula is C9H10FeO5. The fourth-order valence-corrected chi connectivity index (χ4v) is 1.31. The second-order valence-electron chi connectivity index (χ2n) is 2.13. The van der Waals surface area contributed by atoms with E-state index in [1.165, 1.54) is 6.08 Å². The Hall–Kier alpha value is -1.52. The van der Waals surface area contributed by atoms with E-state index in [9.17, 15) is 19.2 Å². The van der Waals surface area contributed by atoms with Gasteiger partial charge in [-0.1, -0.05) is 0 Å². The van der Waals surface area contributed by atoms with E-state index >= 15 is 0 Å². The zero-order valence-corrected chi connectivity index (χ0v) is 9.04. The summed E-state index contributed by atoms with van der Waals surface area (Å²) >= 11 is -3.66. The Labute approximate surface area is 89.3 Å². The number of hydrogen-bond acceptors (Lipinski definition) is 5. The Kier molecular flexibility index (Phi) is 6.17. The van der Waals surface area contributed by atoms with Crippen LogP contribution in [0.25, 0.3) is 0 Å². The summed E-state index contributed by atoms with van der Waals surface area (Å²) in [6, 6.07) is 0. The molecule has 0 atom stereocenters. The van der Waals surface area contributed by atoms with Crippen LogP contribution in [0.4, 0.5) is 0 Å². The Balaban J connectivity index is 4.56. The number of hydrogen-bond donors (Lipinski definition) is 0. The Bertz CT molecular complexity index is 297. The molecule has 15 heavy (non-hydrogen) atoms. The average Bonchev–Trinajstić information content (AvgIpc) is 2.26. The molecule has 0 radical (unpaired) electrons. The van der Waals surface area contributed by atoms with Crippen LogP contribution in [0, 0.1) is 0 Å². The van der Waals surface area contributed by atoms with E-state index in [1.54, 1.807) is 19.1 Å². The average molecular weight is 254 g/mol. The summed E-state index contributed by atoms with van der Waals surface area (Å²) < 4.78 is 4.49. The van der Waals surface area contributed by atoms with Crippen molar-refractivity contribution in [1.82, 2.24) is 0 Å². The first-order valence-electron chi connectivity index (χ1n) is 3.74. The minimum atomic E-state index is -3.66. The number of carbonyl (C=O) groups is 4. The first-order chi connectivity index (χ1) is 7.14. The molecule has 5 nitrogen and oxygen atoms in total. The van der Waals surface area contributed by atoms with Gasteiger partial charge < -0.3 is 0 Å². The number of carbonyl (C=O) groups excluding carboxylic acids is 4. The first-order valence-corrected chi connectivity index (χ1v) is 6.10. The van der Waals surface area contributed by atoms with Gasteiger partial charge in [0.25, 0.3) is 0 Å². The molecule has 0 heterocycles. The molecule has 0 amide bonds. The van der Waals surface area contributed by atoms with Gasteiger partial charge in [0.2, 0.25) is 0 Å². The molecule has 0 saturated heterocycles. The van der Waals surface area contributed by atoms with Crippen LogP contribution in [-0.4, -0.2) is 21.5 Å². The van der Waals surface area contributed by atoms with Gasteiger partial charge in [-0.15, -0.1) is 0 Å². The molecule has 0 bridgehead atoms. The van der Waals surface area contributed by atoms with Crippen molar-refractivity contribution in [2.24, 2.45) is 0 Å². The molecule has 0 fully saturated rings. The molecule has 0 aromatic rings. The van der Waals surface area contributed by atoms with Gasteiger partial charge in [0.15, 0.2) is 0 Å². The van der Waals surface area contributed by atoms with Gasteiger partial charge in [-0.05, 0) is 0 Å². The van der Waals surface area contributed by atoms with Gasteiger partial charge in [0.1, 0.15) is 0 Å². The van der Waals surface area contributed by atoms with Crippen molar-refractivity contribution in [1.29, 1.82) is 0 Å². The Morgan fingerprint density at radius 1 is 1.07 bits per heavy atom. The topological polar surface area (TPSA) is 77.5 Å². The standard InChI is InChI=1S/C6H8O2.3CHO.Fe/c1-2-3-4-5-6(7)8;3*1-2;/h2-5H,1H3,(H,7,8);3*1H;/q;;;;+1/p-1/b3-2+,5-4+;;;;. The van der Waals surface area contributed by atoms with E-state index in [4.69, 9.17) is 0 Å². The van der Waals surface area contributed by atoms with Gasteiger partial charge in [-0.3, -0.25) is 0 Å². The zero-order valence-electron chi connectivity index (χ0n) is 7.94. The summed E-state index contributed by atoms with van der Waals surface area (Å²) in [6.45, 7) is 1.75. The van der Waals surface area contributed by atoms with E-state index in [1.807, 2.05) is 0 Å². The van der Waals surface area contributed by atoms with Crippen LogP contribution in [0.2, 0.25) is 0 Å². The normalized spacial score (nSPS) is 12.6. The predicted octanol–water partition coefficient (Wildman–Crippen LogP) is 0.301. The molecule has 0 aromatic heterocycles. The van der Waals surface area contributed by atoms with E-state index < -0.39 is 19.1 Å². The molecule has 0 aliphatic heterocycles. The summed E-state index contributed by atoms with van der Waals surface area (Å²) in [6.07, 6.45) is 5.63. The second-order valence-corrected chi connectivity index (χ2v) is 5.02. The molecular weight excluding hydrogens is 244 g/mol. The first kappa shape index (κ1) is 13.5. The van der Waals surface area contributed by atoms with Crippen molar-refractivity contribution in [2.45, 2.75) is 6.92 Å². The number of rotatable bonds is 6. The quantitative estimate of drug-likeness (QED) is 0.295. The maximum atomic E-state index is 11.0. The van der Waals surface area contributed by atoms with Gasteiger partial charge >= 0.3 is 88.9 Å². The van der Waals surface area contributed by atoms with Crippen LogP contribution < -0.4 is 0 Å². The minimum absolute atomic E-state index is 0.0917. The summed E-state index contributed by atoms with van der Waals surface area (Å²) in [5.74, 6) is -0.889. The summed E-state index contributed by atoms with van der Waals surface area (Å²) in [7, 11) is 0. The molecule has 0 unspecified atom stereocenters. The molecule has 84 valence electrons. The van der Waals surface area contributed by atoms with Gasteiger partial charge in [0.05, 0.1) is 0 Å². The van der Waals surface area contributed by atoms with Crippen LogP contribution in [0.3, 0.4) is 0 Å². The monoisotopic (exact) mass is 254 g/mol. The van der Waals surface area contributed by atoms with E-state index in [2.05, 4.69) is 3.82 Å². The van der Waals surface area contributed by atoms with Crippen molar-refractivity contribution in [2.75, 3.05) is 0 Å². The van der Waals surface area contributed by atoms with Crippen molar-refractivity contribution < 1.29 is 36.2 Å². The fourth-order valence-electron chi connectivity index (χ4n) is 0.502. The SMILES string of the molecule is C/C=C/C=C/C(=O)[O][Fe]([CH]=O)([CH]=O)[CH]=O. The molecule has 0 spiro atoms. The second kappa shape index (κ2) is 6.86. The van der Waals surface area contributed by atoms with Crippen molar-refractivity contribution in [3.63, 3.8) is 0 Å². The van der Waals surface area contributed by atoms with Crippen molar-refractivity contribution >= 4 is 21.5 Å². The Morgan fingerprint density at radius 3 is 2.00 bits per heavy atom. The van der Waals surface area contributed by atoms with E-state index in [0.717, 1.165) is 6.08 Å². The van der Waals surface area contributed by atoms with Crippen LogP contribution in [-0.2, 0) is 36.2 Å². The molecule has 0 aromatic carbocycles.